The Kier molecular flexibility index (Phi) is 5.57. The van der Waals surface area contributed by atoms with Crippen molar-refractivity contribution in [2.45, 2.75) is 31.7 Å². The zero-order valence-electron chi connectivity index (χ0n) is 11.9. The van der Waals surface area contributed by atoms with Gasteiger partial charge in [-0.2, -0.15) is 0 Å². The van der Waals surface area contributed by atoms with Gasteiger partial charge in [-0.1, -0.05) is 36.8 Å². The first-order chi connectivity index (χ1) is 10.1. The number of carboxylic acid groups (broad SMARTS) is 1. The predicted molar refractivity (Wildman–Crippen MR) is 78.7 cm³/mol. The van der Waals surface area contributed by atoms with Crippen LogP contribution in [0.3, 0.4) is 0 Å². The number of nitrogens with one attached hydrogen (secondary N) is 2. The Balaban J connectivity index is 1.86. The van der Waals surface area contributed by atoms with Crippen molar-refractivity contribution < 1.29 is 14.7 Å². The van der Waals surface area contributed by atoms with Crippen LogP contribution < -0.4 is 10.7 Å². The average Bonchev–Trinajstić information content (AvgIpc) is 2.48. The Bertz CT molecular complexity index is 472. The molecule has 1 saturated heterocycles. The van der Waals surface area contributed by atoms with Crippen LogP contribution in [0.1, 0.15) is 24.8 Å². The van der Waals surface area contributed by atoms with Crippen LogP contribution in [0.4, 0.5) is 4.79 Å². The molecule has 0 spiro atoms. The second-order valence-electron chi connectivity index (χ2n) is 5.21. The second kappa shape index (κ2) is 7.64. The van der Waals surface area contributed by atoms with Gasteiger partial charge in [0.15, 0.2) is 0 Å². The fourth-order valence-electron chi connectivity index (χ4n) is 2.39. The molecule has 1 atom stereocenters. The van der Waals surface area contributed by atoms with E-state index < -0.39 is 18.0 Å². The molecule has 3 N–H and O–H groups in total. The zero-order valence-corrected chi connectivity index (χ0v) is 11.9. The van der Waals surface area contributed by atoms with E-state index in [1.165, 1.54) is 6.42 Å². The van der Waals surface area contributed by atoms with Crippen molar-refractivity contribution in [3.63, 3.8) is 0 Å². The number of carbonyl (C=O) groups excluding carboxylic acids is 1. The highest BCUT2D eigenvalue weighted by Gasteiger charge is 2.21. The van der Waals surface area contributed by atoms with Crippen molar-refractivity contribution in [2.75, 3.05) is 13.1 Å². The maximum Gasteiger partial charge on any atom is 0.330 e. The van der Waals surface area contributed by atoms with Crippen LogP contribution in [0.15, 0.2) is 30.3 Å². The molecule has 2 rings (SSSR count). The van der Waals surface area contributed by atoms with Crippen LogP contribution in [-0.2, 0) is 11.2 Å². The van der Waals surface area contributed by atoms with Crippen LogP contribution in [0.25, 0.3) is 0 Å². The molecule has 1 aliphatic rings. The third-order valence-corrected chi connectivity index (χ3v) is 3.50. The molecule has 1 heterocycles. The number of nitrogens with zero attached hydrogens (tertiary/aromatic N) is 1. The first kappa shape index (κ1) is 15.3. The van der Waals surface area contributed by atoms with E-state index in [9.17, 15) is 14.7 Å². The summed E-state index contributed by atoms with van der Waals surface area (Å²) in [7, 11) is 0. The van der Waals surface area contributed by atoms with Gasteiger partial charge in [-0.25, -0.2) is 14.6 Å². The number of rotatable bonds is 5. The summed E-state index contributed by atoms with van der Waals surface area (Å²) in [5, 5.41) is 13.6. The van der Waals surface area contributed by atoms with Gasteiger partial charge >= 0.3 is 12.0 Å². The number of aliphatic carboxylic acids is 1. The molecular weight excluding hydrogens is 270 g/mol. The number of piperidine rings is 1. The lowest BCUT2D eigenvalue weighted by atomic mass is 10.1. The number of hydrazine groups is 1. The van der Waals surface area contributed by atoms with E-state index in [0.717, 1.165) is 31.5 Å². The molecule has 0 bridgehead atoms. The molecule has 1 aromatic rings. The van der Waals surface area contributed by atoms with Crippen LogP contribution in [0.5, 0.6) is 0 Å². The van der Waals surface area contributed by atoms with Crippen molar-refractivity contribution in [1.29, 1.82) is 0 Å². The van der Waals surface area contributed by atoms with E-state index in [1.807, 2.05) is 35.3 Å². The fourth-order valence-corrected chi connectivity index (χ4v) is 2.39. The predicted octanol–water partition coefficient (Wildman–Crippen LogP) is 1.38. The van der Waals surface area contributed by atoms with Crippen molar-refractivity contribution >= 4 is 12.0 Å². The van der Waals surface area contributed by atoms with Gasteiger partial charge in [-0.3, -0.25) is 5.43 Å². The van der Waals surface area contributed by atoms with Gasteiger partial charge in [0.2, 0.25) is 0 Å². The highest BCUT2D eigenvalue weighted by molar-refractivity contribution is 5.82. The van der Waals surface area contributed by atoms with Crippen LogP contribution in [-0.4, -0.2) is 41.2 Å². The molecule has 0 saturated carbocycles. The minimum Gasteiger partial charge on any atom is -0.480 e. The van der Waals surface area contributed by atoms with Crippen molar-refractivity contribution in [2.24, 2.45) is 0 Å². The molecular formula is C15H21N3O3. The number of hydrogen-bond donors (Lipinski definition) is 3. The fraction of sp³-hybridized carbons (Fsp3) is 0.467. The van der Waals surface area contributed by atoms with Crippen molar-refractivity contribution in [3.05, 3.63) is 35.9 Å². The molecule has 1 fully saturated rings. The van der Waals surface area contributed by atoms with E-state index in [0.29, 0.717) is 0 Å². The van der Waals surface area contributed by atoms with E-state index in [4.69, 9.17) is 0 Å². The Hall–Kier alpha value is -2.08. The summed E-state index contributed by atoms with van der Waals surface area (Å²) in [5.41, 5.74) is 3.59. The number of carboxylic acids is 1. The number of hydrogen-bond acceptors (Lipinski definition) is 3. The Morgan fingerprint density at radius 1 is 1.14 bits per heavy atom. The molecule has 6 nitrogen and oxygen atoms in total. The minimum absolute atomic E-state index is 0.267. The third-order valence-electron chi connectivity index (χ3n) is 3.50. The van der Waals surface area contributed by atoms with Gasteiger partial charge in [-0.15, -0.1) is 0 Å². The number of urea groups is 1. The first-order valence-electron chi connectivity index (χ1n) is 7.24. The minimum atomic E-state index is -1.03. The molecule has 1 aliphatic heterocycles. The molecule has 21 heavy (non-hydrogen) atoms. The second-order valence-corrected chi connectivity index (χ2v) is 5.21. The van der Waals surface area contributed by atoms with Crippen LogP contribution in [0.2, 0.25) is 0 Å². The van der Waals surface area contributed by atoms with Crippen molar-refractivity contribution in [1.82, 2.24) is 15.8 Å². The smallest absolute Gasteiger partial charge is 0.330 e. The topological polar surface area (TPSA) is 81.7 Å². The average molecular weight is 291 g/mol. The highest BCUT2D eigenvalue weighted by Crippen LogP contribution is 2.06. The summed E-state index contributed by atoms with van der Waals surface area (Å²) in [6.45, 7) is 1.62. The summed E-state index contributed by atoms with van der Waals surface area (Å²) in [6.07, 6.45) is 3.54. The zero-order chi connectivity index (χ0) is 15.1. The van der Waals surface area contributed by atoms with Gasteiger partial charge in [0, 0.05) is 19.5 Å². The van der Waals surface area contributed by atoms with E-state index in [1.54, 1.807) is 0 Å². The molecule has 6 heteroatoms. The van der Waals surface area contributed by atoms with Gasteiger partial charge in [0.05, 0.1) is 0 Å². The lowest BCUT2D eigenvalue weighted by Gasteiger charge is -2.27. The summed E-state index contributed by atoms with van der Waals surface area (Å²) < 4.78 is 0. The SMILES string of the molecule is O=C(N[C@@H](Cc1ccccc1)C(=O)O)NN1CCCCC1. The molecule has 0 radical (unpaired) electrons. The summed E-state index contributed by atoms with van der Waals surface area (Å²) in [5.74, 6) is -1.03. The lowest BCUT2D eigenvalue weighted by Crippen LogP contribution is -2.53. The summed E-state index contributed by atoms with van der Waals surface area (Å²) >= 11 is 0. The maximum atomic E-state index is 11.9. The molecule has 2 amide bonds. The van der Waals surface area contributed by atoms with Crippen LogP contribution in [0, 0.1) is 0 Å². The molecule has 0 aromatic heterocycles. The molecule has 1 aromatic carbocycles. The van der Waals surface area contributed by atoms with Gasteiger partial charge in [-0.05, 0) is 18.4 Å². The lowest BCUT2D eigenvalue weighted by molar-refractivity contribution is -0.139. The van der Waals surface area contributed by atoms with Crippen LogP contribution >= 0.6 is 0 Å². The third kappa shape index (κ3) is 5.07. The van der Waals surface area contributed by atoms with Gasteiger partial charge in [0.25, 0.3) is 0 Å². The number of carbonyl (C=O) groups is 2. The summed E-state index contributed by atoms with van der Waals surface area (Å²) in [6, 6.07) is 7.87. The normalized spacial score (nSPS) is 17.0. The first-order valence-corrected chi connectivity index (χ1v) is 7.24. The Labute approximate surface area is 124 Å². The quantitative estimate of drug-likeness (QED) is 0.765. The molecule has 0 aliphatic carbocycles. The van der Waals surface area contributed by atoms with E-state index in [2.05, 4.69) is 10.7 Å². The van der Waals surface area contributed by atoms with E-state index >= 15 is 0 Å². The maximum absolute atomic E-state index is 11.9. The monoisotopic (exact) mass is 291 g/mol. The van der Waals surface area contributed by atoms with Gasteiger partial charge in [0.1, 0.15) is 6.04 Å². The molecule has 0 unspecified atom stereocenters. The molecule has 114 valence electrons. The number of amides is 2. The van der Waals surface area contributed by atoms with Gasteiger partial charge < -0.3 is 10.4 Å². The standard InChI is InChI=1S/C15H21N3O3/c19-14(20)13(11-12-7-3-1-4-8-12)16-15(21)17-18-9-5-2-6-10-18/h1,3-4,7-8,13H,2,5-6,9-11H2,(H,19,20)(H2,16,17,21)/t13-/m0/s1. The van der Waals surface area contributed by atoms with Crippen molar-refractivity contribution in [3.8, 4) is 0 Å². The highest BCUT2D eigenvalue weighted by atomic mass is 16.4. The number of benzene rings is 1. The Morgan fingerprint density at radius 2 is 1.81 bits per heavy atom. The Morgan fingerprint density at radius 3 is 2.43 bits per heavy atom. The van der Waals surface area contributed by atoms with E-state index in [-0.39, 0.29) is 6.42 Å². The summed E-state index contributed by atoms with van der Waals surface area (Å²) in [4.78, 5) is 23.2. The largest absolute Gasteiger partial charge is 0.480 e.